The third-order valence-corrected chi connectivity index (χ3v) is 6.52. The van der Waals surface area contributed by atoms with Gasteiger partial charge in [-0.15, -0.1) is 0 Å². The Bertz CT molecular complexity index is 581. The fraction of sp³-hybridized carbons (Fsp3) is 0.294. The number of benzene rings is 2. The van der Waals surface area contributed by atoms with E-state index in [1.807, 2.05) is 6.07 Å². The average molecular weight is 285 g/mol. The Morgan fingerprint density at radius 2 is 1.80 bits per heavy atom. The van der Waals surface area contributed by atoms with Crippen LogP contribution in [0.2, 0.25) is 13.1 Å². The molecule has 0 heterocycles. The van der Waals surface area contributed by atoms with E-state index in [1.54, 1.807) is 7.11 Å². The van der Waals surface area contributed by atoms with Crippen molar-refractivity contribution in [3.05, 3.63) is 54.1 Å². The molecule has 0 atom stereocenters. The monoisotopic (exact) mass is 285 g/mol. The fourth-order valence-electron chi connectivity index (χ4n) is 2.38. The first kappa shape index (κ1) is 14.7. The van der Waals surface area contributed by atoms with Crippen LogP contribution in [0.3, 0.4) is 0 Å². The van der Waals surface area contributed by atoms with Crippen molar-refractivity contribution >= 4 is 18.9 Å². The van der Waals surface area contributed by atoms with Crippen LogP contribution >= 0.6 is 0 Å². The van der Waals surface area contributed by atoms with Gasteiger partial charge in [0.25, 0.3) is 0 Å². The van der Waals surface area contributed by atoms with E-state index in [0.717, 1.165) is 11.9 Å². The molecule has 0 unspecified atom stereocenters. The molecule has 20 heavy (non-hydrogen) atoms. The number of nitrogens with one attached hydrogen (secondary N) is 1. The lowest BCUT2D eigenvalue weighted by molar-refractivity contribution is 0.418. The first-order valence-electron chi connectivity index (χ1n) is 6.97. The zero-order valence-electron chi connectivity index (χ0n) is 12.7. The van der Waals surface area contributed by atoms with Gasteiger partial charge in [0, 0.05) is 11.9 Å². The predicted molar refractivity (Wildman–Crippen MR) is 89.8 cm³/mol. The van der Waals surface area contributed by atoms with Crippen molar-refractivity contribution in [1.82, 2.24) is 0 Å². The lowest BCUT2D eigenvalue weighted by Gasteiger charge is -2.26. The summed E-state index contributed by atoms with van der Waals surface area (Å²) in [6.07, 6.45) is 0.997. The highest BCUT2D eigenvalue weighted by molar-refractivity contribution is 6.90. The van der Waals surface area contributed by atoms with E-state index in [-0.39, 0.29) is 0 Å². The molecule has 0 saturated carbocycles. The van der Waals surface area contributed by atoms with Gasteiger partial charge >= 0.3 is 0 Å². The van der Waals surface area contributed by atoms with Gasteiger partial charge in [0.1, 0.15) is 13.8 Å². The lowest BCUT2D eigenvalue weighted by Crippen LogP contribution is -2.48. The number of ether oxygens (including phenoxy) is 1. The molecule has 1 N–H and O–H groups in total. The van der Waals surface area contributed by atoms with E-state index < -0.39 is 8.07 Å². The van der Waals surface area contributed by atoms with Gasteiger partial charge in [0.2, 0.25) is 0 Å². The highest BCUT2D eigenvalue weighted by Gasteiger charge is 2.26. The minimum atomic E-state index is -1.58. The Morgan fingerprint density at radius 1 is 1.05 bits per heavy atom. The molecule has 0 radical (unpaired) electrons. The topological polar surface area (TPSA) is 21.3 Å². The number of rotatable bonds is 5. The van der Waals surface area contributed by atoms with E-state index in [1.165, 1.54) is 16.4 Å². The summed E-state index contributed by atoms with van der Waals surface area (Å²) in [5.74, 6) is 1.01. The van der Waals surface area contributed by atoms with Gasteiger partial charge in [-0.25, -0.2) is 0 Å². The minimum Gasteiger partial charge on any atom is -0.497 e. The molecular formula is C17H23NOSi. The molecule has 0 saturated heterocycles. The van der Waals surface area contributed by atoms with Crippen molar-refractivity contribution in [1.29, 1.82) is 0 Å². The van der Waals surface area contributed by atoms with Crippen LogP contribution in [0.4, 0.5) is 5.69 Å². The number of hydrogen-bond donors (Lipinski definition) is 1. The quantitative estimate of drug-likeness (QED) is 0.848. The lowest BCUT2D eigenvalue weighted by atomic mass is 10.2. The summed E-state index contributed by atoms with van der Waals surface area (Å²) < 4.78 is 5.51. The molecule has 2 rings (SSSR count). The SMILES string of the molecule is COc1ccccc1[Si](C)(C)CNc1cccc(C)c1. The molecule has 0 aliphatic rings. The van der Waals surface area contributed by atoms with E-state index >= 15 is 0 Å². The van der Waals surface area contributed by atoms with E-state index in [0.29, 0.717) is 0 Å². The van der Waals surface area contributed by atoms with Crippen LogP contribution in [0, 0.1) is 6.92 Å². The molecule has 2 nitrogen and oxygen atoms in total. The van der Waals surface area contributed by atoms with Crippen molar-refractivity contribution in [3.8, 4) is 5.75 Å². The van der Waals surface area contributed by atoms with Gasteiger partial charge in [-0.1, -0.05) is 43.4 Å². The largest absolute Gasteiger partial charge is 0.497 e. The Morgan fingerprint density at radius 3 is 2.50 bits per heavy atom. The van der Waals surface area contributed by atoms with Gasteiger partial charge in [0.15, 0.2) is 0 Å². The summed E-state index contributed by atoms with van der Waals surface area (Å²) in [6, 6.07) is 16.9. The molecule has 0 aliphatic heterocycles. The normalized spacial score (nSPS) is 11.2. The van der Waals surface area contributed by atoms with Crippen molar-refractivity contribution in [2.75, 3.05) is 18.6 Å². The van der Waals surface area contributed by atoms with Crippen LogP contribution in [-0.4, -0.2) is 21.4 Å². The number of anilines is 1. The standard InChI is InChI=1S/C17H23NOSi/c1-14-8-7-9-15(12-14)18-13-20(3,4)17-11-6-5-10-16(17)19-2/h5-12,18H,13H2,1-4H3. The predicted octanol–water partition coefficient (Wildman–Crippen LogP) is 3.57. The molecule has 3 heteroatoms. The van der Waals surface area contributed by atoms with Crippen molar-refractivity contribution in [3.63, 3.8) is 0 Å². The molecule has 2 aromatic rings. The smallest absolute Gasteiger partial charge is 0.118 e. The maximum Gasteiger partial charge on any atom is 0.118 e. The molecule has 0 aromatic heterocycles. The van der Waals surface area contributed by atoms with Crippen LogP contribution in [-0.2, 0) is 0 Å². The van der Waals surface area contributed by atoms with Gasteiger partial charge in [-0.05, 0) is 35.9 Å². The maximum absolute atomic E-state index is 5.51. The van der Waals surface area contributed by atoms with E-state index in [2.05, 4.69) is 67.8 Å². The molecule has 0 bridgehead atoms. The van der Waals surface area contributed by atoms with Crippen LogP contribution in [0.15, 0.2) is 48.5 Å². The van der Waals surface area contributed by atoms with Gasteiger partial charge in [0.05, 0.1) is 7.11 Å². The summed E-state index contributed by atoms with van der Waals surface area (Å²) in [5, 5.41) is 4.95. The second-order valence-corrected chi connectivity index (χ2v) is 10.5. The second kappa shape index (κ2) is 6.14. The summed E-state index contributed by atoms with van der Waals surface area (Å²) in [5.41, 5.74) is 2.48. The summed E-state index contributed by atoms with van der Waals surface area (Å²) >= 11 is 0. The molecule has 0 spiro atoms. The second-order valence-electron chi connectivity index (χ2n) is 5.81. The Hall–Kier alpha value is -1.74. The zero-order chi connectivity index (χ0) is 14.6. The Labute approximate surface area is 122 Å². The number of hydrogen-bond acceptors (Lipinski definition) is 2. The maximum atomic E-state index is 5.51. The molecule has 0 fully saturated rings. The van der Waals surface area contributed by atoms with Gasteiger partial charge in [-0.2, -0.15) is 0 Å². The highest BCUT2D eigenvalue weighted by atomic mass is 28.3. The van der Waals surface area contributed by atoms with Gasteiger partial charge in [-0.3, -0.25) is 0 Å². The first-order chi connectivity index (χ1) is 9.53. The molecule has 0 amide bonds. The first-order valence-corrected chi connectivity index (χ1v) is 10.2. The Kier molecular flexibility index (Phi) is 4.50. The number of aryl methyl sites for hydroxylation is 1. The Balaban J connectivity index is 2.14. The van der Waals surface area contributed by atoms with Crippen LogP contribution < -0.4 is 15.2 Å². The molecule has 0 aliphatic carbocycles. The van der Waals surface area contributed by atoms with E-state index in [4.69, 9.17) is 4.74 Å². The summed E-state index contributed by atoms with van der Waals surface area (Å²) in [4.78, 5) is 0. The molecule has 106 valence electrons. The summed E-state index contributed by atoms with van der Waals surface area (Å²) in [7, 11) is 0.166. The van der Waals surface area contributed by atoms with Crippen molar-refractivity contribution < 1.29 is 4.74 Å². The third kappa shape index (κ3) is 3.42. The number of methoxy groups -OCH3 is 1. The molecular weight excluding hydrogens is 262 g/mol. The minimum absolute atomic E-state index is 0.997. The molecule has 2 aromatic carbocycles. The van der Waals surface area contributed by atoms with Crippen LogP contribution in [0.1, 0.15) is 5.56 Å². The van der Waals surface area contributed by atoms with E-state index in [9.17, 15) is 0 Å². The summed E-state index contributed by atoms with van der Waals surface area (Å²) in [6.45, 7) is 6.86. The zero-order valence-corrected chi connectivity index (χ0v) is 13.7. The van der Waals surface area contributed by atoms with Crippen molar-refractivity contribution in [2.45, 2.75) is 20.0 Å². The van der Waals surface area contributed by atoms with Crippen LogP contribution in [0.5, 0.6) is 5.75 Å². The average Bonchev–Trinajstić information content (AvgIpc) is 2.45. The van der Waals surface area contributed by atoms with Crippen LogP contribution in [0.25, 0.3) is 0 Å². The highest BCUT2D eigenvalue weighted by Crippen LogP contribution is 2.16. The van der Waals surface area contributed by atoms with Gasteiger partial charge < -0.3 is 10.1 Å². The van der Waals surface area contributed by atoms with Crippen molar-refractivity contribution in [2.24, 2.45) is 0 Å². The fourth-order valence-corrected chi connectivity index (χ4v) is 4.61. The number of para-hydroxylation sites is 1. The third-order valence-electron chi connectivity index (χ3n) is 3.59.